The Morgan fingerprint density at radius 1 is 1.52 bits per heavy atom. The van der Waals surface area contributed by atoms with Crippen molar-refractivity contribution in [2.45, 2.75) is 32.4 Å². The number of benzene rings is 1. The van der Waals surface area contributed by atoms with Gasteiger partial charge in [-0.1, -0.05) is 12.1 Å². The molecule has 118 valence electrons. The SMILES string of the molecule is Cc1ccc(CNC(=O)CN2CCCC2CN)cc1F.Cl. The van der Waals surface area contributed by atoms with Gasteiger partial charge in [-0.05, 0) is 43.5 Å². The van der Waals surface area contributed by atoms with Gasteiger partial charge in [0.15, 0.2) is 0 Å². The summed E-state index contributed by atoms with van der Waals surface area (Å²) in [4.78, 5) is 14.0. The Balaban J connectivity index is 0.00000220. The third-order valence-corrected chi connectivity index (χ3v) is 3.84. The molecule has 6 heteroatoms. The lowest BCUT2D eigenvalue weighted by molar-refractivity contribution is -0.122. The smallest absolute Gasteiger partial charge is 0.234 e. The van der Waals surface area contributed by atoms with E-state index in [2.05, 4.69) is 10.2 Å². The topological polar surface area (TPSA) is 58.4 Å². The van der Waals surface area contributed by atoms with Crippen molar-refractivity contribution >= 4 is 18.3 Å². The summed E-state index contributed by atoms with van der Waals surface area (Å²) in [5.74, 6) is -0.272. The molecule has 1 aromatic carbocycles. The molecule has 0 aliphatic carbocycles. The summed E-state index contributed by atoms with van der Waals surface area (Å²) >= 11 is 0. The fourth-order valence-corrected chi connectivity index (χ4v) is 2.56. The first-order chi connectivity index (χ1) is 9.60. The summed E-state index contributed by atoms with van der Waals surface area (Å²) in [5.41, 5.74) is 7.07. The first kappa shape index (κ1) is 17.9. The van der Waals surface area contributed by atoms with E-state index in [-0.39, 0.29) is 24.1 Å². The molecule has 3 N–H and O–H groups in total. The van der Waals surface area contributed by atoms with Gasteiger partial charge in [-0.25, -0.2) is 4.39 Å². The van der Waals surface area contributed by atoms with Gasteiger partial charge >= 0.3 is 0 Å². The molecule has 1 fully saturated rings. The van der Waals surface area contributed by atoms with Crippen molar-refractivity contribution in [3.8, 4) is 0 Å². The van der Waals surface area contributed by atoms with E-state index in [4.69, 9.17) is 5.73 Å². The Labute approximate surface area is 131 Å². The summed E-state index contributed by atoms with van der Waals surface area (Å²) < 4.78 is 13.4. The average molecular weight is 316 g/mol. The van der Waals surface area contributed by atoms with Crippen LogP contribution in [0.15, 0.2) is 18.2 Å². The number of nitrogens with zero attached hydrogens (tertiary/aromatic N) is 1. The van der Waals surface area contributed by atoms with E-state index < -0.39 is 0 Å². The van der Waals surface area contributed by atoms with Crippen LogP contribution in [0.3, 0.4) is 0 Å². The van der Waals surface area contributed by atoms with Gasteiger partial charge in [-0.2, -0.15) is 0 Å². The molecule has 1 saturated heterocycles. The monoisotopic (exact) mass is 315 g/mol. The van der Waals surface area contributed by atoms with Crippen LogP contribution in [0, 0.1) is 12.7 Å². The van der Waals surface area contributed by atoms with Gasteiger partial charge in [0, 0.05) is 19.1 Å². The van der Waals surface area contributed by atoms with Crippen LogP contribution in [-0.4, -0.2) is 36.5 Å². The maximum Gasteiger partial charge on any atom is 0.234 e. The zero-order valence-electron chi connectivity index (χ0n) is 12.3. The van der Waals surface area contributed by atoms with E-state index in [1.54, 1.807) is 13.0 Å². The summed E-state index contributed by atoms with van der Waals surface area (Å²) in [6.07, 6.45) is 2.16. The number of likely N-dealkylation sites (tertiary alicyclic amines) is 1. The minimum atomic E-state index is -0.237. The molecule has 1 heterocycles. The number of aryl methyl sites for hydroxylation is 1. The highest BCUT2D eigenvalue weighted by Gasteiger charge is 2.24. The molecule has 0 saturated carbocycles. The fraction of sp³-hybridized carbons (Fsp3) is 0.533. The van der Waals surface area contributed by atoms with Gasteiger partial charge in [-0.3, -0.25) is 9.69 Å². The lowest BCUT2D eigenvalue weighted by Crippen LogP contribution is -2.42. The minimum Gasteiger partial charge on any atom is -0.351 e. The molecule has 1 atom stereocenters. The van der Waals surface area contributed by atoms with Crippen LogP contribution in [-0.2, 0) is 11.3 Å². The zero-order valence-corrected chi connectivity index (χ0v) is 13.1. The van der Waals surface area contributed by atoms with E-state index >= 15 is 0 Å². The average Bonchev–Trinajstić information content (AvgIpc) is 2.87. The molecule has 2 rings (SSSR count). The van der Waals surface area contributed by atoms with Crippen LogP contribution >= 0.6 is 12.4 Å². The van der Waals surface area contributed by atoms with Crippen molar-refractivity contribution in [2.75, 3.05) is 19.6 Å². The molecule has 21 heavy (non-hydrogen) atoms. The van der Waals surface area contributed by atoms with E-state index in [9.17, 15) is 9.18 Å². The molecular weight excluding hydrogens is 293 g/mol. The van der Waals surface area contributed by atoms with E-state index in [1.165, 1.54) is 6.07 Å². The van der Waals surface area contributed by atoms with Gasteiger partial charge in [0.05, 0.1) is 6.54 Å². The van der Waals surface area contributed by atoms with Crippen LogP contribution in [0.25, 0.3) is 0 Å². The Morgan fingerprint density at radius 2 is 2.29 bits per heavy atom. The van der Waals surface area contributed by atoms with Gasteiger partial charge in [-0.15, -0.1) is 12.4 Å². The van der Waals surface area contributed by atoms with Crippen molar-refractivity contribution in [1.82, 2.24) is 10.2 Å². The third kappa shape index (κ3) is 4.95. The second-order valence-corrected chi connectivity index (χ2v) is 5.36. The maximum absolute atomic E-state index is 13.4. The number of hydrogen-bond acceptors (Lipinski definition) is 3. The lowest BCUT2D eigenvalue weighted by atomic mass is 10.1. The van der Waals surface area contributed by atoms with Crippen molar-refractivity contribution in [3.05, 3.63) is 35.1 Å². The normalized spacial score (nSPS) is 18.3. The Kier molecular flexibility index (Phi) is 7.08. The van der Waals surface area contributed by atoms with Crippen LogP contribution in [0.2, 0.25) is 0 Å². The summed E-state index contributed by atoms with van der Waals surface area (Å²) in [5, 5.41) is 2.83. The standard InChI is InChI=1S/C15H22FN3O.ClH/c1-11-4-5-12(7-14(11)16)9-18-15(20)10-19-6-2-3-13(19)8-17;/h4-5,7,13H,2-3,6,8-10,17H2,1H3,(H,18,20);1H. The van der Waals surface area contributed by atoms with Crippen LogP contribution in [0.1, 0.15) is 24.0 Å². The van der Waals surface area contributed by atoms with Crippen LogP contribution in [0.4, 0.5) is 4.39 Å². The van der Waals surface area contributed by atoms with Crippen LogP contribution < -0.4 is 11.1 Å². The van der Waals surface area contributed by atoms with E-state index in [0.717, 1.165) is 24.9 Å². The van der Waals surface area contributed by atoms with Gasteiger partial charge < -0.3 is 11.1 Å². The second kappa shape index (κ2) is 8.32. The molecule has 1 amide bonds. The van der Waals surface area contributed by atoms with Gasteiger partial charge in [0.25, 0.3) is 0 Å². The molecule has 0 aromatic heterocycles. The largest absolute Gasteiger partial charge is 0.351 e. The number of nitrogens with one attached hydrogen (secondary N) is 1. The highest BCUT2D eigenvalue weighted by molar-refractivity contribution is 5.85. The molecular formula is C15H23ClFN3O. The molecule has 0 radical (unpaired) electrons. The van der Waals surface area contributed by atoms with Gasteiger partial charge in [0.1, 0.15) is 5.82 Å². The first-order valence-corrected chi connectivity index (χ1v) is 7.06. The Hall–Kier alpha value is -1.17. The molecule has 4 nitrogen and oxygen atoms in total. The summed E-state index contributed by atoms with van der Waals surface area (Å²) in [7, 11) is 0. The van der Waals surface area contributed by atoms with Crippen molar-refractivity contribution in [2.24, 2.45) is 5.73 Å². The number of halogens is 2. The molecule has 1 aliphatic heterocycles. The lowest BCUT2D eigenvalue weighted by Gasteiger charge is -2.22. The number of rotatable bonds is 5. The zero-order chi connectivity index (χ0) is 14.5. The first-order valence-electron chi connectivity index (χ1n) is 7.06. The number of hydrogen-bond donors (Lipinski definition) is 2. The van der Waals surface area contributed by atoms with Crippen molar-refractivity contribution < 1.29 is 9.18 Å². The number of amides is 1. The van der Waals surface area contributed by atoms with Crippen molar-refractivity contribution in [3.63, 3.8) is 0 Å². The van der Waals surface area contributed by atoms with E-state index in [0.29, 0.717) is 31.2 Å². The Morgan fingerprint density at radius 3 is 2.95 bits per heavy atom. The molecule has 0 bridgehead atoms. The molecule has 0 spiro atoms. The fourth-order valence-electron chi connectivity index (χ4n) is 2.56. The number of carbonyl (C=O) groups is 1. The van der Waals surface area contributed by atoms with Crippen LogP contribution in [0.5, 0.6) is 0 Å². The highest BCUT2D eigenvalue weighted by Crippen LogP contribution is 2.15. The summed E-state index contributed by atoms with van der Waals surface area (Å²) in [6.45, 7) is 3.97. The number of carbonyl (C=O) groups excluding carboxylic acids is 1. The minimum absolute atomic E-state index is 0. The number of nitrogens with two attached hydrogens (primary N) is 1. The highest BCUT2D eigenvalue weighted by atomic mass is 35.5. The molecule has 1 aromatic rings. The quantitative estimate of drug-likeness (QED) is 0.867. The summed E-state index contributed by atoms with van der Waals surface area (Å²) in [6, 6.07) is 5.34. The second-order valence-electron chi connectivity index (χ2n) is 5.36. The predicted octanol–water partition coefficient (Wildman–Crippen LogP) is 1.60. The Bertz CT molecular complexity index is 484. The van der Waals surface area contributed by atoms with Crippen molar-refractivity contribution in [1.29, 1.82) is 0 Å². The molecule has 1 unspecified atom stereocenters. The van der Waals surface area contributed by atoms with Gasteiger partial charge in [0.2, 0.25) is 5.91 Å². The molecule has 1 aliphatic rings. The third-order valence-electron chi connectivity index (χ3n) is 3.84. The maximum atomic E-state index is 13.4. The predicted molar refractivity (Wildman–Crippen MR) is 83.9 cm³/mol. The van der Waals surface area contributed by atoms with E-state index in [1.807, 2.05) is 6.07 Å².